The summed E-state index contributed by atoms with van der Waals surface area (Å²) in [5.41, 5.74) is -0.360. The molecule has 1 aliphatic heterocycles. The highest BCUT2D eigenvalue weighted by molar-refractivity contribution is 6.58. The molecule has 0 aromatic heterocycles. The van der Waals surface area contributed by atoms with Crippen molar-refractivity contribution in [3.8, 4) is 0 Å². The Labute approximate surface area is 69.7 Å². The maximum atomic E-state index is 11.9. The monoisotopic (exact) mass is 182 g/mol. The first kappa shape index (κ1) is 9.86. The van der Waals surface area contributed by atoms with Gasteiger partial charge in [-0.25, -0.2) is 0 Å². The first-order valence-electron chi connectivity index (χ1n) is 3.83. The maximum Gasteiger partial charge on any atom is 0.492 e. The Balaban J connectivity index is 2.26. The number of rotatable bonds is 3. The van der Waals surface area contributed by atoms with Crippen molar-refractivity contribution in [2.24, 2.45) is 0 Å². The van der Waals surface area contributed by atoms with Gasteiger partial charge in [-0.3, -0.25) is 0 Å². The molecule has 0 bridgehead atoms. The van der Waals surface area contributed by atoms with Gasteiger partial charge in [0.15, 0.2) is 0 Å². The Kier molecular flexibility index (Phi) is 2.40. The van der Waals surface area contributed by atoms with Crippen LogP contribution in [0.2, 0.25) is 0 Å². The zero-order valence-corrected chi connectivity index (χ0v) is 7.19. The molecule has 0 radical (unpaired) electrons. The fourth-order valence-electron chi connectivity index (χ4n) is 1.45. The van der Waals surface area contributed by atoms with E-state index in [0.29, 0.717) is 13.1 Å². The Morgan fingerprint density at radius 1 is 1.42 bits per heavy atom. The standard InChI is InChI=1S/C6H12BF3NO/c1-6(12-2)3-11(4-6)5-7(8,9)10/h3-5H2,1-2H3/q-1. The van der Waals surface area contributed by atoms with Crippen molar-refractivity contribution in [1.29, 1.82) is 0 Å². The quantitative estimate of drug-likeness (QED) is 0.605. The van der Waals surface area contributed by atoms with Crippen molar-refractivity contribution in [2.45, 2.75) is 12.5 Å². The molecule has 1 heterocycles. The third kappa shape index (κ3) is 2.38. The van der Waals surface area contributed by atoms with Crippen molar-refractivity contribution in [2.75, 3.05) is 26.6 Å². The van der Waals surface area contributed by atoms with Gasteiger partial charge in [-0.15, -0.1) is 0 Å². The van der Waals surface area contributed by atoms with Crippen LogP contribution in [0.1, 0.15) is 6.92 Å². The highest BCUT2D eigenvalue weighted by Gasteiger charge is 2.41. The molecule has 12 heavy (non-hydrogen) atoms. The fourth-order valence-corrected chi connectivity index (χ4v) is 1.45. The van der Waals surface area contributed by atoms with Crippen LogP contribution in [-0.4, -0.2) is 44.1 Å². The van der Waals surface area contributed by atoms with Crippen LogP contribution in [0.25, 0.3) is 0 Å². The van der Waals surface area contributed by atoms with Crippen LogP contribution >= 0.6 is 0 Å². The van der Waals surface area contributed by atoms with E-state index >= 15 is 0 Å². The molecular weight excluding hydrogens is 170 g/mol. The van der Waals surface area contributed by atoms with Crippen molar-refractivity contribution in [3.05, 3.63) is 0 Å². The summed E-state index contributed by atoms with van der Waals surface area (Å²) in [4.78, 5) is 1.35. The van der Waals surface area contributed by atoms with Gasteiger partial charge in [0.05, 0.1) is 5.60 Å². The van der Waals surface area contributed by atoms with Crippen molar-refractivity contribution in [3.63, 3.8) is 0 Å². The van der Waals surface area contributed by atoms with Crippen LogP contribution in [0, 0.1) is 0 Å². The summed E-state index contributed by atoms with van der Waals surface area (Å²) in [5.74, 6) is 0. The summed E-state index contributed by atoms with van der Waals surface area (Å²) in [6.07, 6.45) is -0.765. The zero-order valence-electron chi connectivity index (χ0n) is 7.19. The van der Waals surface area contributed by atoms with Crippen LogP contribution < -0.4 is 0 Å². The minimum Gasteiger partial charge on any atom is -0.448 e. The minimum absolute atomic E-state index is 0.360. The first-order valence-corrected chi connectivity index (χ1v) is 3.83. The molecule has 6 heteroatoms. The molecule has 1 fully saturated rings. The third-order valence-corrected chi connectivity index (χ3v) is 2.07. The smallest absolute Gasteiger partial charge is 0.448 e. The molecule has 0 unspecified atom stereocenters. The van der Waals surface area contributed by atoms with E-state index in [1.54, 1.807) is 0 Å². The molecule has 1 aliphatic rings. The summed E-state index contributed by atoms with van der Waals surface area (Å²) >= 11 is 0. The lowest BCUT2D eigenvalue weighted by atomic mass is 9.86. The summed E-state index contributed by atoms with van der Waals surface area (Å²) in [5, 5.41) is 0. The molecule has 0 saturated carbocycles. The zero-order chi connectivity index (χ0) is 9.41. The van der Waals surface area contributed by atoms with E-state index in [1.165, 1.54) is 12.0 Å². The molecule has 0 aliphatic carbocycles. The van der Waals surface area contributed by atoms with Crippen LogP contribution in [0.5, 0.6) is 0 Å². The van der Waals surface area contributed by atoms with Gasteiger partial charge in [0.1, 0.15) is 0 Å². The highest BCUT2D eigenvalue weighted by atomic mass is 19.4. The van der Waals surface area contributed by atoms with Gasteiger partial charge in [-0.2, -0.15) is 0 Å². The van der Waals surface area contributed by atoms with Crippen LogP contribution in [0.3, 0.4) is 0 Å². The number of hydrogen-bond donors (Lipinski definition) is 0. The normalized spacial score (nSPS) is 23.8. The Hall–Kier alpha value is -0.225. The number of likely N-dealkylation sites (tertiary alicyclic amines) is 1. The van der Waals surface area contributed by atoms with E-state index < -0.39 is 13.4 Å². The molecule has 0 spiro atoms. The summed E-state index contributed by atoms with van der Waals surface area (Å²) < 4.78 is 40.6. The molecule has 72 valence electrons. The van der Waals surface area contributed by atoms with E-state index in [0.717, 1.165) is 0 Å². The second-order valence-corrected chi connectivity index (χ2v) is 3.53. The first-order chi connectivity index (χ1) is 5.35. The molecule has 1 saturated heterocycles. The number of halogens is 3. The Morgan fingerprint density at radius 3 is 2.25 bits per heavy atom. The largest absolute Gasteiger partial charge is 0.492 e. The summed E-state index contributed by atoms with van der Waals surface area (Å²) in [6.45, 7) is -2.10. The van der Waals surface area contributed by atoms with Gasteiger partial charge in [0.2, 0.25) is 0 Å². The van der Waals surface area contributed by atoms with Crippen molar-refractivity contribution < 1.29 is 17.7 Å². The number of methoxy groups -OCH3 is 1. The number of ether oxygens (including phenoxy) is 1. The molecule has 0 amide bonds. The Bertz CT molecular complexity index is 167. The average Bonchev–Trinajstić information content (AvgIpc) is 1.81. The van der Waals surface area contributed by atoms with Crippen LogP contribution in [-0.2, 0) is 4.74 Å². The van der Waals surface area contributed by atoms with Crippen LogP contribution in [0.4, 0.5) is 12.9 Å². The van der Waals surface area contributed by atoms with Gasteiger partial charge in [0, 0.05) is 20.2 Å². The van der Waals surface area contributed by atoms with Gasteiger partial charge < -0.3 is 22.6 Å². The molecule has 2 nitrogen and oxygen atoms in total. The highest BCUT2D eigenvalue weighted by Crippen LogP contribution is 2.25. The van der Waals surface area contributed by atoms with E-state index in [-0.39, 0.29) is 5.60 Å². The van der Waals surface area contributed by atoms with Crippen molar-refractivity contribution in [1.82, 2.24) is 4.90 Å². The van der Waals surface area contributed by atoms with Crippen LogP contribution in [0.15, 0.2) is 0 Å². The van der Waals surface area contributed by atoms with Gasteiger partial charge in [-0.05, 0) is 13.4 Å². The van der Waals surface area contributed by atoms with E-state index in [4.69, 9.17) is 4.74 Å². The predicted molar refractivity (Wildman–Crippen MR) is 40.9 cm³/mol. The molecule has 0 aromatic carbocycles. The topological polar surface area (TPSA) is 12.5 Å². The van der Waals surface area contributed by atoms with Crippen molar-refractivity contribution >= 4 is 6.98 Å². The average molecular weight is 182 g/mol. The molecule has 0 aromatic rings. The van der Waals surface area contributed by atoms with E-state index in [9.17, 15) is 12.9 Å². The lowest BCUT2D eigenvalue weighted by Gasteiger charge is -2.48. The minimum atomic E-state index is -4.68. The Morgan fingerprint density at radius 2 is 1.92 bits per heavy atom. The fraction of sp³-hybridized carbons (Fsp3) is 1.00. The second-order valence-electron chi connectivity index (χ2n) is 3.53. The predicted octanol–water partition coefficient (Wildman–Crippen LogP) is 1.09. The third-order valence-electron chi connectivity index (χ3n) is 2.07. The molecule has 1 rings (SSSR count). The summed E-state index contributed by atoms with van der Waals surface area (Å²) in [6, 6.07) is 0. The van der Waals surface area contributed by atoms with Gasteiger partial charge in [0.25, 0.3) is 0 Å². The second kappa shape index (κ2) is 2.92. The summed E-state index contributed by atoms with van der Waals surface area (Å²) in [7, 11) is 1.52. The van der Waals surface area contributed by atoms with Gasteiger partial charge >= 0.3 is 6.98 Å². The number of nitrogens with zero attached hydrogens (tertiary/aromatic N) is 1. The van der Waals surface area contributed by atoms with E-state index in [1.807, 2.05) is 6.92 Å². The lowest BCUT2D eigenvalue weighted by molar-refractivity contribution is -0.106. The maximum absolute atomic E-state index is 11.9. The molecular formula is C6H12BF3NO-. The molecule has 0 atom stereocenters. The van der Waals surface area contributed by atoms with E-state index in [2.05, 4.69) is 0 Å². The number of hydrogen-bond acceptors (Lipinski definition) is 2. The molecule has 0 N–H and O–H groups in total. The lowest BCUT2D eigenvalue weighted by Crippen LogP contribution is -2.63. The van der Waals surface area contributed by atoms with Gasteiger partial charge in [-0.1, -0.05) is 0 Å². The SMILES string of the molecule is COC1(C)CN(C[B-](F)(F)F)C1.